The van der Waals surface area contributed by atoms with Crippen molar-refractivity contribution in [1.82, 2.24) is 4.98 Å². The number of nitrogens with zero attached hydrogens (tertiary/aromatic N) is 2. The van der Waals surface area contributed by atoms with E-state index in [2.05, 4.69) is 10.3 Å². The van der Waals surface area contributed by atoms with Crippen molar-refractivity contribution in [3.8, 4) is 0 Å². The average molecular weight is 648 g/mol. The number of benzene rings is 3. The molecule has 4 aromatic rings. The Morgan fingerprint density at radius 3 is 2.33 bits per heavy atom. The SMILES string of the molecule is O=C(C[C@@H]1CCc2cc(C(O)(C(F)(F)F)C(F)(F)F)ccc2N1S(=O)(=O)c1ccc(F)cc1)Nc1ccc2ncsc2c1. The minimum absolute atomic E-state index is 0.172. The molecule has 7 nitrogen and oxygen atoms in total. The fourth-order valence-electron chi connectivity index (χ4n) is 4.94. The molecule has 0 saturated heterocycles. The maximum absolute atomic E-state index is 13.8. The number of thiazole rings is 1. The monoisotopic (exact) mass is 647 g/mol. The second-order valence-electron chi connectivity index (χ2n) is 9.78. The van der Waals surface area contributed by atoms with Gasteiger partial charge in [0.1, 0.15) is 5.82 Å². The first-order valence-corrected chi connectivity index (χ1v) is 14.8. The number of carbonyl (C=O) groups is 1. The van der Waals surface area contributed by atoms with E-state index in [4.69, 9.17) is 0 Å². The molecule has 2 N–H and O–H groups in total. The minimum atomic E-state index is -6.14. The standard InChI is InChI=1S/C27H20F7N3O4S2/c28-17-3-7-20(8-4-17)43(40,41)37-19(13-24(38)36-18-5-9-21-23(12-18)42-14-35-21)6-1-15-11-16(2-10-22(15)37)25(39,26(29,30)31)27(32,33)34/h2-5,7-12,14,19,39H,1,6,13H2,(H,36,38)/t19-/m0/s1. The first-order valence-electron chi connectivity index (χ1n) is 12.4. The number of amides is 1. The Kier molecular flexibility index (Phi) is 7.67. The highest BCUT2D eigenvalue weighted by Gasteiger charge is 2.71. The second-order valence-corrected chi connectivity index (χ2v) is 12.5. The number of fused-ring (bicyclic) bond motifs is 2. The van der Waals surface area contributed by atoms with Gasteiger partial charge in [0.25, 0.3) is 15.6 Å². The zero-order valence-corrected chi connectivity index (χ0v) is 23.2. The molecule has 0 aliphatic carbocycles. The number of rotatable bonds is 6. The highest BCUT2D eigenvalue weighted by molar-refractivity contribution is 7.92. The van der Waals surface area contributed by atoms with Crippen molar-refractivity contribution < 1.29 is 49.1 Å². The van der Waals surface area contributed by atoms with Crippen LogP contribution >= 0.6 is 11.3 Å². The van der Waals surface area contributed by atoms with Crippen molar-refractivity contribution in [3.63, 3.8) is 0 Å². The van der Waals surface area contributed by atoms with Gasteiger partial charge in [-0.1, -0.05) is 12.1 Å². The molecule has 228 valence electrons. The summed E-state index contributed by atoms with van der Waals surface area (Å²) in [5.41, 5.74) is -4.56. The van der Waals surface area contributed by atoms with Gasteiger partial charge in [-0.25, -0.2) is 17.8 Å². The van der Waals surface area contributed by atoms with Gasteiger partial charge in [-0.15, -0.1) is 11.3 Å². The van der Waals surface area contributed by atoms with Gasteiger partial charge < -0.3 is 10.4 Å². The van der Waals surface area contributed by atoms with Crippen molar-refractivity contribution in [3.05, 3.63) is 83.1 Å². The van der Waals surface area contributed by atoms with E-state index < -0.39 is 62.6 Å². The number of alkyl halides is 6. The molecule has 43 heavy (non-hydrogen) atoms. The van der Waals surface area contributed by atoms with E-state index in [1.165, 1.54) is 11.3 Å². The lowest BCUT2D eigenvalue weighted by atomic mass is 9.87. The van der Waals surface area contributed by atoms with Gasteiger partial charge in [0, 0.05) is 17.7 Å². The predicted molar refractivity (Wildman–Crippen MR) is 143 cm³/mol. The van der Waals surface area contributed by atoms with Gasteiger partial charge in [-0.2, -0.15) is 26.3 Å². The van der Waals surface area contributed by atoms with Crippen LogP contribution in [0, 0.1) is 5.82 Å². The lowest BCUT2D eigenvalue weighted by Crippen LogP contribution is -2.54. The third-order valence-electron chi connectivity index (χ3n) is 7.04. The smallest absolute Gasteiger partial charge is 0.369 e. The number of hydrogen-bond donors (Lipinski definition) is 2. The van der Waals surface area contributed by atoms with E-state index in [0.29, 0.717) is 23.3 Å². The molecule has 16 heteroatoms. The summed E-state index contributed by atoms with van der Waals surface area (Å²) < 4.78 is 124. The molecule has 1 atom stereocenters. The Hall–Kier alpha value is -3.76. The Morgan fingerprint density at radius 1 is 1.00 bits per heavy atom. The number of halogens is 7. The second kappa shape index (κ2) is 10.7. The van der Waals surface area contributed by atoms with Crippen LogP contribution in [0.25, 0.3) is 10.2 Å². The Bertz CT molecular complexity index is 1770. The number of nitrogens with one attached hydrogen (secondary N) is 1. The molecule has 1 aromatic heterocycles. The molecule has 0 spiro atoms. The summed E-state index contributed by atoms with van der Waals surface area (Å²) in [7, 11) is -4.61. The van der Waals surface area contributed by atoms with Crippen LogP contribution in [-0.4, -0.2) is 42.8 Å². The number of hydrogen-bond acceptors (Lipinski definition) is 6. The summed E-state index contributed by atoms with van der Waals surface area (Å²) in [5.74, 6) is -1.37. The quantitative estimate of drug-likeness (QED) is 0.240. The maximum atomic E-state index is 13.8. The van der Waals surface area contributed by atoms with E-state index >= 15 is 0 Å². The average Bonchev–Trinajstić information content (AvgIpc) is 3.39. The molecule has 0 bridgehead atoms. The van der Waals surface area contributed by atoms with Crippen molar-refractivity contribution in [2.45, 2.75) is 48.2 Å². The minimum Gasteiger partial charge on any atom is -0.369 e. The first-order chi connectivity index (χ1) is 20.0. The van der Waals surface area contributed by atoms with Crippen molar-refractivity contribution in [2.24, 2.45) is 0 Å². The van der Waals surface area contributed by atoms with Crippen molar-refractivity contribution in [2.75, 3.05) is 9.62 Å². The Balaban J connectivity index is 1.54. The Labute approximate surface area is 243 Å². The maximum Gasteiger partial charge on any atom is 0.430 e. The topological polar surface area (TPSA) is 99.6 Å². The summed E-state index contributed by atoms with van der Waals surface area (Å²) in [6.45, 7) is 0. The van der Waals surface area contributed by atoms with Crippen LogP contribution in [0.15, 0.2) is 71.1 Å². The number of aromatic nitrogens is 1. The van der Waals surface area contributed by atoms with Crippen LogP contribution < -0.4 is 9.62 Å². The summed E-state index contributed by atoms with van der Waals surface area (Å²) in [4.78, 5) is 16.8. The van der Waals surface area contributed by atoms with Crippen LogP contribution in [0.1, 0.15) is 24.0 Å². The fraction of sp³-hybridized carbons (Fsp3) is 0.259. The van der Waals surface area contributed by atoms with Crippen molar-refractivity contribution in [1.29, 1.82) is 0 Å². The Morgan fingerprint density at radius 2 is 1.67 bits per heavy atom. The van der Waals surface area contributed by atoms with Gasteiger partial charge in [-0.05, 0) is 66.9 Å². The number of aryl methyl sites for hydroxylation is 1. The molecule has 2 heterocycles. The highest BCUT2D eigenvalue weighted by Crippen LogP contribution is 2.51. The van der Waals surface area contributed by atoms with Crippen LogP contribution in [-0.2, 0) is 26.8 Å². The molecule has 1 aliphatic rings. The van der Waals surface area contributed by atoms with E-state index in [9.17, 15) is 49.1 Å². The highest BCUT2D eigenvalue weighted by atomic mass is 32.2. The van der Waals surface area contributed by atoms with Crippen molar-refractivity contribution >= 4 is 48.9 Å². The first kappa shape index (κ1) is 30.7. The number of anilines is 2. The van der Waals surface area contributed by atoms with E-state index in [-0.39, 0.29) is 24.1 Å². The zero-order chi connectivity index (χ0) is 31.4. The summed E-state index contributed by atoms with van der Waals surface area (Å²) >= 11 is 1.33. The molecular weight excluding hydrogens is 627 g/mol. The van der Waals surface area contributed by atoms with Gasteiger partial charge in [0.2, 0.25) is 5.91 Å². The fourth-order valence-corrected chi connectivity index (χ4v) is 7.37. The van der Waals surface area contributed by atoms with Gasteiger partial charge in [0.15, 0.2) is 0 Å². The zero-order valence-electron chi connectivity index (χ0n) is 21.6. The third-order valence-corrected chi connectivity index (χ3v) is 9.71. The molecule has 0 unspecified atom stereocenters. The van der Waals surface area contributed by atoms with Crippen LogP contribution in [0.5, 0.6) is 0 Å². The number of sulfonamides is 1. The molecule has 1 amide bonds. The number of aliphatic hydroxyl groups is 1. The molecule has 0 fully saturated rings. The lowest BCUT2D eigenvalue weighted by molar-refractivity contribution is -0.376. The molecule has 5 rings (SSSR count). The molecular formula is C27H20F7N3O4S2. The van der Waals surface area contributed by atoms with Gasteiger partial charge in [-0.3, -0.25) is 9.10 Å². The van der Waals surface area contributed by atoms with E-state index in [0.717, 1.165) is 39.3 Å². The predicted octanol–water partition coefficient (Wildman–Crippen LogP) is 6.29. The summed E-state index contributed by atoms with van der Waals surface area (Å²) in [6.07, 6.45) is -13.1. The van der Waals surface area contributed by atoms with Crippen LogP contribution in [0.3, 0.4) is 0 Å². The van der Waals surface area contributed by atoms with Crippen LogP contribution in [0.2, 0.25) is 0 Å². The molecule has 0 radical (unpaired) electrons. The molecule has 3 aromatic carbocycles. The van der Waals surface area contributed by atoms with E-state index in [1.807, 2.05) is 0 Å². The number of carbonyl (C=O) groups excluding carboxylic acids is 1. The largest absolute Gasteiger partial charge is 0.430 e. The summed E-state index contributed by atoms with van der Waals surface area (Å²) in [5, 5.41) is 12.5. The lowest BCUT2D eigenvalue weighted by Gasteiger charge is -2.39. The van der Waals surface area contributed by atoms with Crippen LogP contribution in [0.4, 0.5) is 42.1 Å². The third kappa shape index (κ3) is 5.54. The normalized spacial score (nSPS) is 16.3. The summed E-state index contributed by atoms with van der Waals surface area (Å²) in [6, 6.07) is 8.97. The van der Waals surface area contributed by atoms with Gasteiger partial charge in [0.05, 0.1) is 32.4 Å². The van der Waals surface area contributed by atoms with E-state index in [1.54, 1.807) is 23.7 Å². The molecule has 1 aliphatic heterocycles. The van der Waals surface area contributed by atoms with Gasteiger partial charge >= 0.3 is 12.4 Å². The molecule has 0 saturated carbocycles.